The first-order chi connectivity index (χ1) is 11.2. The number of nitrogens with one attached hydrogen (secondary N) is 1. The van der Waals surface area contributed by atoms with Gasteiger partial charge in [0, 0.05) is 56.1 Å². The Bertz CT molecular complexity index is 590. The van der Waals surface area contributed by atoms with Crippen LogP contribution in [0.15, 0.2) is 30.0 Å². The van der Waals surface area contributed by atoms with Crippen molar-refractivity contribution in [3.05, 3.63) is 35.0 Å². The molecule has 0 aliphatic carbocycles. The van der Waals surface area contributed by atoms with Gasteiger partial charge in [-0.15, -0.1) is 11.3 Å². The van der Waals surface area contributed by atoms with Crippen molar-refractivity contribution >= 4 is 17.4 Å². The molecule has 3 rings (SSSR count). The van der Waals surface area contributed by atoms with Crippen LogP contribution >= 0.6 is 11.3 Å². The summed E-state index contributed by atoms with van der Waals surface area (Å²) in [4.78, 5) is 18.6. The Hall–Kier alpha value is -1.89. The minimum atomic E-state index is 0.0508. The second-order valence-electron chi connectivity index (χ2n) is 6.15. The Morgan fingerprint density at radius 1 is 1.43 bits per heavy atom. The Balaban J connectivity index is 1.39. The molecule has 1 saturated heterocycles. The molecule has 0 bridgehead atoms. The molecule has 1 N–H and O–H groups in total. The fraction of sp³-hybridized carbons (Fsp3) is 0.562. The third kappa shape index (κ3) is 4.31. The molecule has 6 nitrogen and oxygen atoms in total. The molecular weight excluding hydrogens is 310 g/mol. The average Bonchev–Trinajstić information content (AvgIpc) is 3.26. The minimum Gasteiger partial charge on any atom is -0.338 e. The van der Waals surface area contributed by atoms with Gasteiger partial charge in [-0.3, -0.25) is 4.68 Å². The Morgan fingerprint density at radius 3 is 2.91 bits per heavy atom. The smallest absolute Gasteiger partial charge is 0.317 e. The van der Waals surface area contributed by atoms with Crippen molar-refractivity contribution in [2.24, 2.45) is 5.92 Å². The molecule has 2 aromatic rings. The Morgan fingerprint density at radius 2 is 2.26 bits per heavy atom. The first-order valence-corrected chi connectivity index (χ1v) is 9.00. The van der Waals surface area contributed by atoms with Crippen molar-refractivity contribution in [3.63, 3.8) is 0 Å². The van der Waals surface area contributed by atoms with Crippen molar-refractivity contribution in [1.82, 2.24) is 25.0 Å². The molecule has 23 heavy (non-hydrogen) atoms. The number of aromatic nitrogens is 3. The van der Waals surface area contributed by atoms with Gasteiger partial charge in [-0.2, -0.15) is 5.10 Å². The molecule has 2 amide bonds. The molecule has 124 valence electrons. The van der Waals surface area contributed by atoms with Gasteiger partial charge >= 0.3 is 6.03 Å². The summed E-state index contributed by atoms with van der Waals surface area (Å²) in [6.45, 7) is 5.23. The van der Waals surface area contributed by atoms with E-state index in [1.54, 1.807) is 17.5 Å². The monoisotopic (exact) mass is 333 g/mol. The van der Waals surface area contributed by atoms with E-state index in [9.17, 15) is 4.79 Å². The molecule has 7 heteroatoms. The van der Waals surface area contributed by atoms with E-state index in [0.717, 1.165) is 32.5 Å². The lowest BCUT2D eigenvalue weighted by molar-refractivity contribution is 0.179. The molecule has 1 fully saturated rings. The minimum absolute atomic E-state index is 0.0508. The van der Waals surface area contributed by atoms with Crippen LogP contribution in [0.1, 0.15) is 30.7 Å². The van der Waals surface area contributed by atoms with E-state index >= 15 is 0 Å². The van der Waals surface area contributed by atoms with E-state index in [1.165, 1.54) is 5.01 Å². The number of hydrogen-bond acceptors (Lipinski definition) is 4. The first kappa shape index (κ1) is 16.0. The molecule has 1 aliphatic heterocycles. The molecular formula is C16H23N5OS. The molecule has 1 atom stereocenters. The molecule has 1 aliphatic rings. The van der Waals surface area contributed by atoms with Crippen LogP contribution in [0.25, 0.3) is 0 Å². The normalized spacial score (nSPS) is 17.2. The third-order valence-electron chi connectivity index (χ3n) is 4.24. The average molecular weight is 333 g/mol. The lowest BCUT2D eigenvalue weighted by Gasteiger charge is -2.31. The van der Waals surface area contributed by atoms with E-state index in [4.69, 9.17) is 0 Å². The highest BCUT2D eigenvalue weighted by molar-refractivity contribution is 7.09. The highest BCUT2D eigenvalue weighted by Crippen LogP contribution is 2.29. The highest BCUT2D eigenvalue weighted by atomic mass is 32.1. The van der Waals surface area contributed by atoms with E-state index in [1.807, 2.05) is 33.4 Å². The maximum Gasteiger partial charge on any atom is 0.317 e. The molecule has 0 saturated carbocycles. The third-order valence-corrected chi connectivity index (χ3v) is 5.18. The standard InChI is InChI=1S/C16H23N5OS/c1-13(12-21-7-2-5-19-21)11-18-16(22)20-8-3-14(4-9-20)15-17-6-10-23-15/h2,5-7,10,13-14H,3-4,8-9,11-12H2,1H3,(H,18,22). The first-order valence-electron chi connectivity index (χ1n) is 8.12. The maximum atomic E-state index is 12.3. The lowest BCUT2D eigenvalue weighted by atomic mass is 9.98. The summed E-state index contributed by atoms with van der Waals surface area (Å²) >= 11 is 1.72. The molecule has 3 heterocycles. The van der Waals surface area contributed by atoms with Gasteiger partial charge in [0.25, 0.3) is 0 Å². The van der Waals surface area contributed by atoms with Gasteiger partial charge in [-0.25, -0.2) is 9.78 Å². The van der Waals surface area contributed by atoms with Crippen LogP contribution in [0.3, 0.4) is 0 Å². The van der Waals surface area contributed by atoms with Gasteiger partial charge in [0.1, 0.15) is 0 Å². The predicted molar refractivity (Wildman–Crippen MR) is 90.5 cm³/mol. The van der Waals surface area contributed by atoms with E-state index in [2.05, 4.69) is 22.3 Å². The number of hydrogen-bond donors (Lipinski definition) is 1. The van der Waals surface area contributed by atoms with Crippen LogP contribution in [0.4, 0.5) is 4.79 Å². The second-order valence-corrected chi connectivity index (χ2v) is 7.08. The van der Waals surface area contributed by atoms with Gasteiger partial charge in [-0.05, 0) is 24.8 Å². The number of nitrogens with zero attached hydrogens (tertiary/aromatic N) is 4. The molecule has 1 unspecified atom stereocenters. The van der Waals surface area contributed by atoms with Gasteiger partial charge in [0.15, 0.2) is 0 Å². The van der Waals surface area contributed by atoms with E-state index in [0.29, 0.717) is 18.4 Å². The van der Waals surface area contributed by atoms with Gasteiger partial charge < -0.3 is 10.2 Å². The van der Waals surface area contributed by atoms with E-state index < -0.39 is 0 Å². The zero-order valence-corrected chi connectivity index (χ0v) is 14.2. The number of carbonyl (C=O) groups is 1. The number of rotatable bonds is 5. The summed E-state index contributed by atoms with van der Waals surface area (Å²) in [6.07, 6.45) is 7.59. The predicted octanol–water partition coefficient (Wildman–Crippen LogP) is 2.56. The number of likely N-dealkylation sites (tertiary alicyclic amines) is 1. The van der Waals surface area contributed by atoms with Crippen LogP contribution in [-0.4, -0.2) is 45.3 Å². The Labute approximate surface area is 140 Å². The summed E-state index contributed by atoms with van der Waals surface area (Å²) < 4.78 is 1.90. The van der Waals surface area contributed by atoms with Crippen LogP contribution in [-0.2, 0) is 6.54 Å². The van der Waals surface area contributed by atoms with Crippen molar-refractivity contribution in [3.8, 4) is 0 Å². The van der Waals surface area contributed by atoms with Gasteiger partial charge in [0.2, 0.25) is 0 Å². The quantitative estimate of drug-likeness (QED) is 0.915. The summed E-state index contributed by atoms with van der Waals surface area (Å²) in [6, 6.07) is 1.97. The molecule has 0 radical (unpaired) electrons. The molecule has 0 aromatic carbocycles. The largest absolute Gasteiger partial charge is 0.338 e. The van der Waals surface area contributed by atoms with Crippen LogP contribution < -0.4 is 5.32 Å². The van der Waals surface area contributed by atoms with Crippen LogP contribution in [0, 0.1) is 5.92 Å². The molecule has 2 aromatic heterocycles. The SMILES string of the molecule is CC(CNC(=O)N1CCC(c2nccs2)CC1)Cn1cccn1. The summed E-state index contributed by atoms with van der Waals surface area (Å²) in [5, 5.41) is 10.5. The van der Waals surface area contributed by atoms with E-state index in [-0.39, 0.29) is 6.03 Å². The summed E-state index contributed by atoms with van der Waals surface area (Å²) in [7, 11) is 0. The second kappa shape index (κ2) is 7.59. The van der Waals surface area contributed by atoms with Crippen molar-refractivity contribution in [1.29, 1.82) is 0 Å². The number of thiazole rings is 1. The maximum absolute atomic E-state index is 12.3. The number of urea groups is 1. The highest BCUT2D eigenvalue weighted by Gasteiger charge is 2.25. The fourth-order valence-electron chi connectivity index (χ4n) is 2.93. The number of piperidine rings is 1. The van der Waals surface area contributed by atoms with Crippen LogP contribution in [0.5, 0.6) is 0 Å². The summed E-state index contributed by atoms with van der Waals surface area (Å²) in [5.41, 5.74) is 0. The molecule has 0 spiro atoms. The van der Waals surface area contributed by atoms with Crippen molar-refractivity contribution in [2.45, 2.75) is 32.2 Å². The topological polar surface area (TPSA) is 63.1 Å². The van der Waals surface area contributed by atoms with Crippen molar-refractivity contribution < 1.29 is 4.79 Å². The lowest BCUT2D eigenvalue weighted by Crippen LogP contribution is -2.45. The van der Waals surface area contributed by atoms with Crippen molar-refractivity contribution in [2.75, 3.05) is 19.6 Å². The zero-order valence-electron chi connectivity index (χ0n) is 13.4. The number of amides is 2. The zero-order chi connectivity index (χ0) is 16.1. The Kier molecular flexibility index (Phi) is 5.27. The summed E-state index contributed by atoms with van der Waals surface area (Å²) in [5.74, 6) is 0.865. The van der Waals surface area contributed by atoms with Crippen LogP contribution in [0.2, 0.25) is 0 Å². The van der Waals surface area contributed by atoms with Gasteiger partial charge in [0.05, 0.1) is 5.01 Å². The van der Waals surface area contributed by atoms with Gasteiger partial charge in [-0.1, -0.05) is 6.92 Å². The number of carbonyl (C=O) groups excluding carboxylic acids is 1. The fourth-order valence-corrected chi connectivity index (χ4v) is 3.74.